The van der Waals surface area contributed by atoms with Gasteiger partial charge in [0, 0.05) is 6.04 Å². The van der Waals surface area contributed by atoms with Crippen LogP contribution in [0, 0.1) is 6.92 Å². The quantitative estimate of drug-likeness (QED) is 0.704. The van der Waals surface area contributed by atoms with Crippen molar-refractivity contribution >= 4 is 11.4 Å². The zero-order valence-electron chi connectivity index (χ0n) is 8.72. The van der Waals surface area contributed by atoms with Crippen LogP contribution in [0.4, 0.5) is 11.4 Å². The van der Waals surface area contributed by atoms with Crippen LogP contribution in [0.25, 0.3) is 0 Å². The third-order valence-electron chi connectivity index (χ3n) is 2.92. The van der Waals surface area contributed by atoms with Crippen LogP contribution in [-0.2, 0) is 0 Å². The maximum atomic E-state index is 5.91. The first kappa shape index (κ1) is 9.38. The number of hydrogen-bond donors (Lipinski definition) is 2. The smallest absolute Gasteiger partial charge is 0.0578 e. The first-order valence-corrected chi connectivity index (χ1v) is 5.38. The number of nitrogens with one attached hydrogen (secondary N) is 1. The Morgan fingerprint density at radius 2 is 2.00 bits per heavy atom. The summed E-state index contributed by atoms with van der Waals surface area (Å²) < 4.78 is 0. The van der Waals surface area contributed by atoms with Gasteiger partial charge in [0.15, 0.2) is 0 Å². The van der Waals surface area contributed by atoms with E-state index in [1.807, 2.05) is 6.07 Å². The van der Waals surface area contributed by atoms with Gasteiger partial charge in [-0.1, -0.05) is 18.9 Å². The van der Waals surface area contributed by atoms with Gasteiger partial charge in [-0.2, -0.15) is 0 Å². The van der Waals surface area contributed by atoms with Gasteiger partial charge in [0.1, 0.15) is 0 Å². The van der Waals surface area contributed by atoms with Crippen molar-refractivity contribution in [3.8, 4) is 0 Å². The lowest BCUT2D eigenvalue weighted by Gasteiger charge is -2.15. The average molecular weight is 190 g/mol. The number of benzene rings is 1. The molecule has 0 bridgehead atoms. The van der Waals surface area contributed by atoms with Crippen LogP contribution >= 0.6 is 0 Å². The molecule has 0 spiro atoms. The minimum absolute atomic E-state index is 0.638. The van der Waals surface area contributed by atoms with E-state index in [4.69, 9.17) is 5.73 Å². The van der Waals surface area contributed by atoms with Crippen molar-refractivity contribution in [1.29, 1.82) is 0 Å². The molecule has 0 aromatic heterocycles. The molecule has 0 amide bonds. The molecule has 2 heteroatoms. The average Bonchev–Trinajstić information content (AvgIpc) is 2.64. The number of nitrogen functional groups attached to an aromatic ring is 1. The summed E-state index contributed by atoms with van der Waals surface area (Å²) in [5.41, 5.74) is 9.14. The minimum atomic E-state index is 0.638. The number of hydrogen-bond acceptors (Lipinski definition) is 2. The Balaban J connectivity index is 2.10. The highest BCUT2D eigenvalue weighted by Crippen LogP contribution is 2.26. The van der Waals surface area contributed by atoms with Crippen LogP contribution < -0.4 is 11.1 Å². The minimum Gasteiger partial charge on any atom is -0.397 e. The van der Waals surface area contributed by atoms with Crippen LogP contribution in [-0.4, -0.2) is 6.04 Å². The van der Waals surface area contributed by atoms with Gasteiger partial charge >= 0.3 is 0 Å². The van der Waals surface area contributed by atoms with Crippen LogP contribution in [0.3, 0.4) is 0 Å². The monoisotopic (exact) mass is 190 g/mol. The summed E-state index contributed by atoms with van der Waals surface area (Å²) in [6, 6.07) is 6.80. The summed E-state index contributed by atoms with van der Waals surface area (Å²) in [4.78, 5) is 0. The molecule has 0 saturated heterocycles. The molecule has 1 aliphatic carbocycles. The Morgan fingerprint density at radius 1 is 1.29 bits per heavy atom. The van der Waals surface area contributed by atoms with E-state index >= 15 is 0 Å². The van der Waals surface area contributed by atoms with Gasteiger partial charge in [-0.05, 0) is 37.5 Å². The van der Waals surface area contributed by atoms with E-state index in [1.165, 1.54) is 31.2 Å². The topological polar surface area (TPSA) is 38.0 Å². The number of nitrogens with two attached hydrogens (primary N) is 1. The van der Waals surface area contributed by atoms with E-state index in [1.54, 1.807) is 0 Å². The molecule has 1 aromatic carbocycles. The molecule has 1 aromatic rings. The van der Waals surface area contributed by atoms with Crippen molar-refractivity contribution in [3.63, 3.8) is 0 Å². The molecule has 0 atom stereocenters. The molecule has 76 valence electrons. The van der Waals surface area contributed by atoms with Gasteiger partial charge in [0.05, 0.1) is 11.4 Å². The SMILES string of the molecule is Cc1ccc(N)c(NC2CCCC2)c1. The van der Waals surface area contributed by atoms with Gasteiger partial charge in [0.25, 0.3) is 0 Å². The molecule has 2 nitrogen and oxygen atoms in total. The molecule has 1 aliphatic rings. The molecule has 14 heavy (non-hydrogen) atoms. The Labute approximate surface area is 85.5 Å². The van der Waals surface area contributed by atoms with Crippen molar-refractivity contribution in [3.05, 3.63) is 23.8 Å². The van der Waals surface area contributed by atoms with Crippen LogP contribution in [0.1, 0.15) is 31.2 Å². The molecule has 0 heterocycles. The lowest BCUT2D eigenvalue weighted by atomic mass is 10.1. The number of rotatable bonds is 2. The van der Waals surface area contributed by atoms with Crippen molar-refractivity contribution in [2.45, 2.75) is 38.6 Å². The summed E-state index contributed by atoms with van der Waals surface area (Å²) in [6.45, 7) is 2.10. The molecule has 1 fully saturated rings. The highest BCUT2D eigenvalue weighted by molar-refractivity contribution is 5.67. The molecule has 3 N–H and O–H groups in total. The highest BCUT2D eigenvalue weighted by Gasteiger charge is 2.15. The van der Waals surface area contributed by atoms with E-state index in [0.29, 0.717) is 6.04 Å². The lowest BCUT2D eigenvalue weighted by molar-refractivity contribution is 0.756. The van der Waals surface area contributed by atoms with Gasteiger partial charge in [-0.15, -0.1) is 0 Å². The first-order chi connectivity index (χ1) is 6.75. The molecule has 1 saturated carbocycles. The third-order valence-corrected chi connectivity index (χ3v) is 2.92. The van der Waals surface area contributed by atoms with Crippen molar-refractivity contribution < 1.29 is 0 Å². The molecular weight excluding hydrogens is 172 g/mol. The molecule has 2 rings (SSSR count). The van der Waals surface area contributed by atoms with Crippen molar-refractivity contribution in [2.24, 2.45) is 0 Å². The maximum absolute atomic E-state index is 5.91. The number of anilines is 2. The standard InChI is InChI=1S/C12H18N2/c1-9-6-7-11(13)12(8-9)14-10-4-2-3-5-10/h6-8,10,14H,2-5,13H2,1H3. The van der Waals surface area contributed by atoms with Crippen LogP contribution in [0.2, 0.25) is 0 Å². The summed E-state index contributed by atoms with van der Waals surface area (Å²) in [5, 5.41) is 3.52. The molecule has 0 aliphatic heterocycles. The summed E-state index contributed by atoms with van der Waals surface area (Å²) in [5.74, 6) is 0. The molecule has 0 radical (unpaired) electrons. The second-order valence-electron chi connectivity index (χ2n) is 4.22. The number of aryl methyl sites for hydroxylation is 1. The summed E-state index contributed by atoms with van der Waals surface area (Å²) in [6.07, 6.45) is 5.27. The Bertz CT molecular complexity index is 314. The predicted molar refractivity (Wildman–Crippen MR) is 61.5 cm³/mol. The van der Waals surface area contributed by atoms with E-state index in [2.05, 4.69) is 24.4 Å². The van der Waals surface area contributed by atoms with Gasteiger partial charge in [0.2, 0.25) is 0 Å². The fraction of sp³-hybridized carbons (Fsp3) is 0.500. The van der Waals surface area contributed by atoms with Gasteiger partial charge in [-0.3, -0.25) is 0 Å². The Kier molecular flexibility index (Phi) is 2.62. The zero-order valence-corrected chi connectivity index (χ0v) is 8.72. The second-order valence-corrected chi connectivity index (χ2v) is 4.22. The lowest BCUT2D eigenvalue weighted by Crippen LogP contribution is -2.15. The van der Waals surface area contributed by atoms with Crippen LogP contribution in [0.5, 0.6) is 0 Å². The maximum Gasteiger partial charge on any atom is 0.0578 e. The first-order valence-electron chi connectivity index (χ1n) is 5.38. The third kappa shape index (κ3) is 2.00. The van der Waals surface area contributed by atoms with Crippen molar-refractivity contribution in [2.75, 3.05) is 11.1 Å². The van der Waals surface area contributed by atoms with Gasteiger partial charge < -0.3 is 11.1 Å². The molecular formula is C12H18N2. The highest BCUT2D eigenvalue weighted by atomic mass is 14.9. The fourth-order valence-electron chi connectivity index (χ4n) is 2.09. The summed E-state index contributed by atoms with van der Waals surface area (Å²) >= 11 is 0. The van der Waals surface area contributed by atoms with Gasteiger partial charge in [-0.25, -0.2) is 0 Å². The van der Waals surface area contributed by atoms with Crippen molar-refractivity contribution in [1.82, 2.24) is 0 Å². The zero-order chi connectivity index (χ0) is 9.97. The predicted octanol–water partition coefficient (Wildman–Crippen LogP) is 2.93. The normalized spacial score (nSPS) is 17.2. The molecule has 0 unspecified atom stereocenters. The van der Waals surface area contributed by atoms with E-state index in [-0.39, 0.29) is 0 Å². The summed E-state index contributed by atoms with van der Waals surface area (Å²) in [7, 11) is 0. The Hall–Kier alpha value is -1.18. The van der Waals surface area contributed by atoms with E-state index in [9.17, 15) is 0 Å². The Morgan fingerprint density at radius 3 is 2.71 bits per heavy atom. The van der Waals surface area contributed by atoms with E-state index in [0.717, 1.165) is 11.4 Å². The fourth-order valence-corrected chi connectivity index (χ4v) is 2.09. The van der Waals surface area contributed by atoms with Crippen LogP contribution in [0.15, 0.2) is 18.2 Å². The van der Waals surface area contributed by atoms with E-state index < -0.39 is 0 Å². The largest absolute Gasteiger partial charge is 0.397 e. The second kappa shape index (κ2) is 3.91.